The highest BCUT2D eigenvalue weighted by Crippen LogP contribution is 2.34. The Morgan fingerprint density at radius 1 is 1.16 bits per heavy atom. The van der Waals surface area contributed by atoms with Gasteiger partial charge in [0.1, 0.15) is 0 Å². The predicted octanol–water partition coefficient (Wildman–Crippen LogP) is 2.16. The Kier molecular flexibility index (Phi) is 4.59. The first-order valence-corrected chi connectivity index (χ1v) is 8.00. The molecular formula is C16H33N3. The second kappa shape index (κ2) is 5.71. The Bertz CT molecular complexity index is 295. The Hall–Kier alpha value is -0.120. The molecule has 2 N–H and O–H groups in total. The van der Waals surface area contributed by atoms with E-state index in [4.69, 9.17) is 5.73 Å². The Morgan fingerprint density at radius 2 is 1.84 bits per heavy atom. The lowest BCUT2D eigenvalue weighted by Crippen LogP contribution is -2.60. The molecule has 3 heteroatoms. The van der Waals surface area contributed by atoms with E-state index in [1.165, 1.54) is 38.9 Å². The second-order valence-electron chi connectivity index (χ2n) is 7.90. The summed E-state index contributed by atoms with van der Waals surface area (Å²) in [6.45, 7) is 12.9. The maximum atomic E-state index is 6.30. The predicted molar refractivity (Wildman–Crippen MR) is 82.2 cm³/mol. The molecule has 2 aliphatic rings. The summed E-state index contributed by atoms with van der Waals surface area (Å²) >= 11 is 0. The van der Waals surface area contributed by atoms with Crippen LogP contribution in [0.3, 0.4) is 0 Å². The van der Waals surface area contributed by atoms with E-state index in [1.807, 2.05) is 0 Å². The summed E-state index contributed by atoms with van der Waals surface area (Å²) in [4.78, 5) is 5.27. The van der Waals surface area contributed by atoms with E-state index in [0.717, 1.165) is 12.0 Å². The summed E-state index contributed by atoms with van der Waals surface area (Å²) in [5.41, 5.74) is 6.56. The standard InChI is InChI=1S/C16H33N3/c1-12(17)15(16(2,3)4)19-10-8-14-13(11-19)7-6-9-18(14)5/h12-15H,6-11,17H2,1-5H3. The molecule has 19 heavy (non-hydrogen) atoms. The van der Waals surface area contributed by atoms with Gasteiger partial charge in [-0.3, -0.25) is 4.90 Å². The van der Waals surface area contributed by atoms with E-state index in [0.29, 0.717) is 6.04 Å². The molecule has 0 aliphatic carbocycles. The molecule has 4 unspecified atom stereocenters. The van der Waals surface area contributed by atoms with Gasteiger partial charge in [0.2, 0.25) is 0 Å². The topological polar surface area (TPSA) is 32.5 Å². The molecule has 0 bridgehead atoms. The molecule has 0 spiro atoms. The minimum absolute atomic E-state index is 0.248. The first-order valence-electron chi connectivity index (χ1n) is 8.00. The van der Waals surface area contributed by atoms with Gasteiger partial charge >= 0.3 is 0 Å². The van der Waals surface area contributed by atoms with Gasteiger partial charge in [-0.25, -0.2) is 0 Å². The maximum Gasteiger partial charge on any atom is 0.0293 e. The van der Waals surface area contributed by atoms with Gasteiger partial charge in [-0.1, -0.05) is 20.8 Å². The van der Waals surface area contributed by atoms with Crippen LogP contribution in [0.2, 0.25) is 0 Å². The largest absolute Gasteiger partial charge is 0.327 e. The van der Waals surface area contributed by atoms with Gasteiger partial charge in [0.05, 0.1) is 0 Å². The van der Waals surface area contributed by atoms with Crippen LogP contribution in [0.1, 0.15) is 47.0 Å². The van der Waals surface area contributed by atoms with Crippen LogP contribution in [-0.4, -0.2) is 54.6 Å². The van der Waals surface area contributed by atoms with Crippen LogP contribution in [0.4, 0.5) is 0 Å². The summed E-state index contributed by atoms with van der Waals surface area (Å²) in [5.74, 6) is 0.857. The zero-order valence-electron chi connectivity index (χ0n) is 13.5. The third-order valence-corrected chi connectivity index (χ3v) is 5.16. The van der Waals surface area contributed by atoms with E-state index in [2.05, 4.69) is 44.5 Å². The van der Waals surface area contributed by atoms with Crippen molar-refractivity contribution in [1.29, 1.82) is 0 Å². The lowest BCUT2D eigenvalue weighted by atomic mass is 9.78. The summed E-state index contributed by atoms with van der Waals surface area (Å²) < 4.78 is 0. The minimum Gasteiger partial charge on any atom is -0.327 e. The normalized spacial score (nSPS) is 33.8. The third kappa shape index (κ3) is 3.32. The molecule has 2 aliphatic heterocycles. The van der Waals surface area contributed by atoms with Crippen molar-refractivity contribution >= 4 is 0 Å². The minimum atomic E-state index is 0.248. The number of fused-ring (bicyclic) bond motifs is 1. The highest BCUT2D eigenvalue weighted by molar-refractivity contribution is 4.96. The second-order valence-corrected chi connectivity index (χ2v) is 7.90. The van der Waals surface area contributed by atoms with Crippen LogP contribution < -0.4 is 5.73 Å². The number of rotatable bonds is 2. The highest BCUT2D eigenvalue weighted by Gasteiger charge is 2.40. The molecule has 2 heterocycles. The van der Waals surface area contributed by atoms with Crippen LogP contribution in [0.25, 0.3) is 0 Å². The Labute approximate surface area is 119 Å². The van der Waals surface area contributed by atoms with Crippen molar-refractivity contribution in [3.05, 3.63) is 0 Å². The van der Waals surface area contributed by atoms with Crippen LogP contribution >= 0.6 is 0 Å². The van der Waals surface area contributed by atoms with Crippen LogP contribution in [0.15, 0.2) is 0 Å². The lowest BCUT2D eigenvalue weighted by molar-refractivity contribution is -0.0116. The zero-order chi connectivity index (χ0) is 14.2. The van der Waals surface area contributed by atoms with Crippen molar-refractivity contribution < 1.29 is 0 Å². The van der Waals surface area contributed by atoms with Gasteiger partial charge in [-0.05, 0) is 51.1 Å². The summed E-state index contributed by atoms with van der Waals surface area (Å²) in [6, 6.07) is 1.57. The highest BCUT2D eigenvalue weighted by atomic mass is 15.2. The molecule has 0 saturated carbocycles. The number of hydrogen-bond donors (Lipinski definition) is 1. The number of nitrogens with zero attached hydrogens (tertiary/aromatic N) is 2. The first kappa shape index (κ1) is 15.3. The Balaban J connectivity index is 2.06. The van der Waals surface area contributed by atoms with Crippen LogP contribution in [0, 0.1) is 11.3 Å². The van der Waals surface area contributed by atoms with Crippen molar-refractivity contribution in [2.75, 3.05) is 26.7 Å². The van der Waals surface area contributed by atoms with E-state index in [1.54, 1.807) is 0 Å². The molecular weight excluding hydrogens is 234 g/mol. The van der Waals surface area contributed by atoms with Crippen LogP contribution in [-0.2, 0) is 0 Å². The fourth-order valence-electron chi connectivity index (χ4n) is 4.60. The van der Waals surface area contributed by atoms with E-state index in [-0.39, 0.29) is 11.5 Å². The molecule has 2 fully saturated rings. The quantitative estimate of drug-likeness (QED) is 0.832. The smallest absolute Gasteiger partial charge is 0.0293 e. The van der Waals surface area contributed by atoms with Crippen molar-refractivity contribution in [1.82, 2.24) is 9.80 Å². The monoisotopic (exact) mass is 267 g/mol. The summed E-state index contributed by atoms with van der Waals surface area (Å²) in [7, 11) is 2.30. The Morgan fingerprint density at radius 3 is 2.42 bits per heavy atom. The molecule has 0 radical (unpaired) electrons. The molecule has 0 aromatic heterocycles. The number of nitrogens with two attached hydrogens (primary N) is 1. The summed E-state index contributed by atoms with van der Waals surface area (Å²) in [6.07, 6.45) is 4.09. The van der Waals surface area contributed by atoms with Crippen molar-refractivity contribution in [2.24, 2.45) is 17.1 Å². The first-order chi connectivity index (χ1) is 8.80. The average molecular weight is 267 g/mol. The van der Waals surface area contributed by atoms with Gasteiger partial charge in [0, 0.05) is 31.2 Å². The molecule has 112 valence electrons. The van der Waals surface area contributed by atoms with E-state index >= 15 is 0 Å². The van der Waals surface area contributed by atoms with Crippen molar-refractivity contribution in [3.8, 4) is 0 Å². The van der Waals surface area contributed by atoms with Gasteiger partial charge in [0.25, 0.3) is 0 Å². The van der Waals surface area contributed by atoms with Gasteiger partial charge in [-0.2, -0.15) is 0 Å². The molecule has 2 rings (SSSR count). The molecule has 0 aromatic rings. The summed E-state index contributed by atoms with van der Waals surface area (Å²) in [5, 5.41) is 0. The zero-order valence-corrected chi connectivity index (χ0v) is 13.5. The third-order valence-electron chi connectivity index (χ3n) is 5.16. The van der Waals surface area contributed by atoms with Gasteiger partial charge in [0.15, 0.2) is 0 Å². The van der Waals surface area contributed by atoms with Gasteiger partial charge < -0.3 is 10.6 Å². The molecule has 3 nitrogen and oxygen atoms in total. The molecule has 2 saturated heterocycles. The lowest BCUT2D eigenvalue weighted by Gasteiger charge is -2.51. The van der Waals surface area contributed by atoms with Crippen molar-refractivity contribution in [3.63, 3.8) is 0 Å². The van der Waals surface area contributed by atoms with Crippen LogP contribution in [0.5, 0.6) is 0 Å². The van der Waals surface area contributed by atoms with Gasteiger partial charge in [-0.15, -0.1) is 0 Å². The maximum absolute atomic E-state index is 6.30. The fraction of sp³-hybridized carbons (Fsp3) is 1.00. The van der Waals surface area contributed by atoms with E-state index in [9.17, 15) is 0 Å². The van der Waals surface area contributed by atoms with Crippen molar-refractivity contribution in [2.45, 2.75) is 65.1 Å². The fourth-order valence-corrected chi connectivity index (χ4v) is 4.60. The molecule has 0 amide bonds. The number of piperidine rings is 2. The SMILES string of the molecule is CC(N)C(N1CCC2C(CCCN2C)C1)C(C)(C)C. The number of hydrogen-bond acceptors (Lipinski definition) is 3. The number of likely N-dealkylation sites (tertiary alicyclic amines) is 2. The molecule has 4 atom stereocenters. The molecule has 0 aromatic carbocycles. The van der Waals surface area contributed by atoms with E-state index < -0.39 is 0 Å². The average Bonchev–Trinajstić information content (AvgIpc) is 2.26.